The molecule has 2 aliphatic rings. The van der Waals surface area contributed by atoms with Gasteiger partial charge in [-0.05, 0) is 81.0 Å². The van der Waals surface area contributed by atoms with Crippen LogP contribution in [0.4, 0.5) is 10.5 Å². The molecule has 2 atom stereocenters. The number of anilines is 1. The Labute approximate surface area is 286 Å². The van der Waals surface area contributed by atoms with Crippen molar-refractivity contribution in [1.82, 2.24) is 4.90 Å². The standard InChI is InChI=1S/C39H53N3O6/c1-39(2,3)48-38(43)42-21-18-34(37(26-42)47-27-29-12-13-31-10-7-20-41(22-19-40)35(31)25-29)30-14-16-33(17-15-30)46-24-8-23-45-28-32-9-5-6-11-36(32)44-4/h5-6,9,11-17,25,34,37H,7-8,10,18-24,26-28,40H2,1-4H3/t34-,37+/m1/s1. The number of nitrogens with zero attached hydrogens (tertiary/aromatic N) is 2. The van der Waals surface area contributed by atoms with Crippen molar-refractivity contribution in [3.05, 3.63) is 89.0 Å². The Morgan fingerprint density at radius 1 is 0.979 bits per heavy atom. The molecule has 0 unspecified atom stereocenters. The summed E-state index contributed by atoms with van der Waals surface area (Å²) in [6, 6.07) is 22.8. The molecular weight excluding hydrogens is 606 g/mol. The maximum atomic E-state index is 13.0. The summed E-state index contributed by atoms with van der Waals surface area (Å²) in [6.07, 6.45) is 3.32. The van der Waals surface area contributed by atoms with Crippen molar-refractivity contribution >= 4 is 11.8 Å². The Bertz CT molecular complexity index is 1460. The van der Waals surface area contributed by atoms with Crippen molar-refractivity contribution in [2.24, 2.45) is 5.73 Å². The van der Waals surface area contributed by atoms with Gasteiger partial charge < -0.3 is 39.2 Å². The van der Waals surface area contributed by atoms with E-state index in [2.05, 4.69) is 35.2 Å². The van der Waals surface area contributed by atoms with E-state index >= 15 is 0 Å². The lowest BCUT2D eigenvalue weighted by Crippen LogP contribution is -2.48. The van der Waals surface area contributed by atoms with Gasteiger partial charge >= 0.3 is 6.09 Å². The SMILES string of the molecule is COc1ccccc1COCCCOc1ccc([C@H]2CCN(C(=O)OC(C)(C)C)C[C@@H]2OCc2ccc3c(c2)N(CCN)CCC3)cc1. The number of aryl methyl sites for hydroxylation is 1. The van der Waals surface area contributed by atoms with Crippen LogP contribution in [0.3, 0.4) is 0 Å². The van der Waals surface area contributed by atoms with E-state index in [9.17, 15) is 4.79 Å². The summed E-state index contributed by atoms with van der Waals surface area (Å²) in [6.45, 7) is 11.4. The minimum Gasteiger partial charge on any atom is -0.496 e. The first-order valence-corrected chi connectivity index (χ1v) is 17.3. The number of methoxy groups -OCH3 is 1. The first kappa shape index (κ1) is 35.5. The fourth-order valence-corrected chi connectivity index (χ4v) is 6.50. The molecule has 0 spiro atoms. The number of rotatable bonds is 14. The number of para-hydroxylation sites is 1. The van der Waals surface area contributed by atoms with Gasteiger partial charge in [0.25, 0.3) is 0 Å². The molecule has 1 amide bonds. The van der Waals surface area contributed by atoms with Crippen molar-refractivity contribution in [3.8, 4) is 11.5 Å². The van der Waals surface area contributed by atoms with Gasteiger partial charge in [-0.25, -0.2) is 4.79 Å². The maximum absolute atomic E-state index is 13.0. The average Bonchev–Trinajstić information content (AvgIpc) is 3.08. The summed E-state index contributed by atoms with van der Waals surface area (Å²) < 4.78 is 29.7. The van der Waals surface area contributed by atoms with Crippen LogP contribution in [-0.2, 0) is 33.8 Å². The second-order valence-electron chi connectivity index (χ2n) is 13.6. The predicted molar refractivity (Wildman–Crippen MR) is 189 cm³/mol. The Balaban J connectivity index is 1.18. The first-order chi connectivity index (χ1) is 23.2. The number of nitrogens with two attached hydrogens (primary N) is 1. The molecule has 0 aliphatic carbocycles. The molecule has 0 saturated carbocycles. The third-order valence-electron chi connectivity index (χ3n) is 8.90. The third kappa shape index (κ3) is 9.87. The van der Waals surface area contributed by atoms with E-state index in [4.69, 9.17) is 29.4 Å². The van der Waals surface area contributed by atoms with Crippen LogP contribution in [0.1, 0.15) is 68.2 Å². The van der Waals surface area contributed by atoms with Gasteiger partial charge in [0.05, 0.1) is 46.2 Å². The molecule has 9 heteroatoms. The van der Waals surface area contributed by atoms with Crippen molar-refractivity contribution in [3.63, 3.8) is 0 Å². The summed E-state index contributed by atoms with van der Waals surface area (Å²) in [5, 5.41) is 0. The highest BCUT2D eigenvalue weighted by atomic mass is 16.6. The van der Waals surface area contributed by atoms with Crippen molar-refractivity contribution < 1.29 is 28.5 Å². The highest BCUT2D eigenvalue weighted by Crippen LogP contribution is 2.34. The number of likely N-dealkylation sites (tertiary alicyclic amines) is 1. The molecule has 9 nitrogen and oxygen atoms in total. The van der Waals surface area contributed by atoms with Crippen molar-refractivity contribution in [1.29, 1.82) is 0 Å². The lowest BCUT2D eigenvalue weighted by Gasteiger charge is -2.39. The van der Waals surface area contributed by atoms with Gasteiger partial charge in [0.1, 0.15) is 17.1 Å². The Morgan fingerprint density at radius 3 is 2.56 bits per heavy atom. The molecule has 48 heavy (non-hydrogen) atoms. The Kier molecular flexibility index (Phi) is 12.6. The van der Waals surface area contributed by atoms with Crippen molar-refractivity contribution in [2.45, 2.75) is 77.3 Å². The molecule has 0 bridgehead atoms. The molecule has 0 aromatic heterocycles. The number of ether oxygens (including phenoxy) is 5. The molecule has 1 fully saturated rings. The summed E-state index contributed by atoms with van der Waals surface area (Å²) in [5.41, 5.74) is 11.3. The first-order valence-electron chi connectivity index (χ1n) is 17.3. The zero-order valence-corrected chi connectivity index (χ0v) is 29.1. The fraction of sp³-hybridized carbons (Fsp3) is 0.513. The van der Waals surface area contributed by atoms with Crippen LogP contribution in [0.15, 0.2) is 66.7 Å². The van der Waals surface area contributed by atoms with Crippen LogP contribution in [-0.4, -0.2) is 75.7 Å². The van der Waals surface area contributed by atoms with Gasteiger partial charge in [-0.3, -0.25) is 0 Å². The van der Waals surface area contributed by atoms with Gasteiger partial charge in [0, 0.05) is 49.8 Å². The van der Waals surface area contributed by atoms with Crippen LogP contribution >= 0.6 is 0 Å². The molecule has 2 aliphatic heterocycles. The maximum Gasteiger partial charge on any atom is 0.410 e. The number of carbonyl (C=O) groups is 1. The topological polar surface area (TPSA) is 95.7 Å². The predicted octanol–water partition coefficient (Wildman–Crippen LogP) is 6.70. The molecule has 260 valence electrons. The lowest BCUT2D eigenvalue weighted by molar-refractivity contribution is -0.0359. The number of fused-ring (bicyclic) bond motifs is 1. The summed E-state index contributed by atoms with van der Waals surface area (Å²) in [5.74, 6) is 1.79. The minimum absolute atomic E-state index is 0.132. The van der Waals surface area contributed by atoms with Crippen molar-refractivity contribution in [2.75, 3.05) is 57.9 Å². The van der Waals surface area contributed by atoms with Crippen LogP contribution in [0.25, 0.3) is 0 Å². The van der Waals surface area contributed by atoms with E-state index < -0.39 is 5.60 Å². The third-order valence-corrected chi connectivity index (χ3v) is 8.90. The largest absolute Gasteiger partial charge is 0.496 e. The lowest BCUT2D eigenvalue weighted by atomic mass is 9.87. The highest BCUT2D eigenvalue weighted by Gasteiger charge is 2.35. The van der Waals surface area contributed by atoms with Gasteiger partial charge in [0.2, 0.25) is 0 Å². The van der Waals surface area contributed by atoms with E-state index in [1.54, 1.807) is 12.0 Å². The Hall–Kier alpha value is -3.79. The minimum atomic E-state index is -0.555. The second-order valence-corrected chi connectivity index (χ2v) is 13.6. The molecule has 2 heterocycles. The summed E-state index contributed by atoms with van der Waals surface area (Å²) >= 11 is 0. The molecule has 2 N–H and O–H groups in total. The summed E-state index contributed by atoms with van der Waals surface area (Å²) in [7, 11) is 1.67. The van der Waals surface area contributed by atoms with Crippen LogP contribution < -0.4 is 20.1 Å². The number of hydrogen-bond donors (Lipinski definition) is 1. The van der Waals surface area contributed by atoms with Gasteiger partial charge in [-0.15, -0.1) is 0 Å². The van der Waals surface area contributed by atoms with Gasteiger partial charge in [0.15, 0.2) is 0 Å². The second kappa shape index (κ2) is 17.0. The normalized spacial score (nSPS) is 17.9. The number of carbonyl (C=O) groups excluding carboxylic acids is 1. The molecule has 0 radical (unpaired) electrons. The molecule has 5 rings (SSSR count). The number of benzene rings is 3. The number of hydrogen-bond acceptors (Lipinski definition) is 8. The molecular formula is C39H53N3O6. The highest BCUT2D eigenvalue weighted by molar-refractivity contribution is 5.68. The van der Waals surface area contributed by atoms with E-state index in [0.717, 1.165) is 61.4 Å². The quantitative estimate of drug-likeness (QED) is 0.191. The van der Waals surface area contributed by atoms with E-state index in [1.165, 1.54) is 16.8 Å². The monoisotopic (exact) mass is 659 g/mol. The van der Waals surface area contributed by atoms with E-state index in [-0.39, 0.29) is 18.1 Å². The summed E-state index contributed by atoms with van der Waals surface area (Å²) in [4.78, 5) is 17.2. The number of amides is 1. The Morgan fingerprint density at radius 2 is 1.79 bits per heavy atom. The van der Waals surface area contributed by atoms with Gasteiger partial charge in [-0.2, -0.15) is 0 Å². The molecule has 1 saturated heterocycles. The zero-order chi connectivity index (χ0) is 33.9. The fourth-order valence-electron chi connectivity index (χ4n) is 6.50. The van der Waals surface area contributed by atoms with Crippen LogP contribution in [0.2, 0.25) is 0 Å². The molecule has 3 aromatic carbocycles. The van der Waals surface area contributed by atoms with E-state index in [0.29, 0.717) is 46.1 Å². The van der Waals surface area contributed by atoms with Gasteiger partial charge in [-0.1, -0.05) is 42.5 Å². The van der Waals surface area contributed by atoms with Crippen LogP contribution in [0.5, 0.6) is 11.5 Å². The van der Waals surface area contributed by atoms with E-state index in [1.807, 2.05) is 57.2 Å². The number of piperidine rings is 1. The smallest absolute Gasteiger partial charge is 0.410 e. The van der Waals surface area contributed by atoms with Crippen LogP contribution in [0, 0.1) is 0 Å². The average molecular weight is 660 g/mol. The zero-order valence-electron chi connectivity index (χ0n) is 29.1. The molecule has 3 aromatic rings.